The number of anilines is 1. The van der Waals surface area contributed by atoms with E-state index in [1.54, 1.807) is 10.8 Å². The fourth-order valence-electron chi connectivity index (χ4n) is 3.03. The summed E-state index contributed by atoms with van der Waals surface area (Å²) in [5, 5.41) is 3.30. The lowest BCUT2D eigenvalue weighted by Crippen LogP contribution is -2.22. The second-order valence-electron chi connectivity index (χ2n) is 5.97. The number of aromatic nitrogens is 3. The lowest BCUT2D eigenvalue weighted by atomic mass is 10.2. The van der Waals surface area contributed by atoms with Crippen LogP contribution in [0.4, 0.5) is 5.82 Å². The second-order valence-corrected chi connectivity index (χ2v) is 5.97. The molecule has 3 rings (SSSR count). The molecule has 0 bridgehead atoms. The van der Waals surface area contributed by atoms with Crippen LogP contribution >= 0.6 is 0 Å². The molecule has 0 radical (unpaired) electrons. The molecule has 2 heterocycles. The van der Waals surface area contributed by atoms with Gasteiger partial charge in [0.1, 0.15) is 5.82 Å². The Hall–Kier alpha value is -2.30. The minimum Gasteiger partial charge on any atom is -0.370 e. The minimum absolute atomic E-state index is 0.0128. The Kier molecular flexibility index (Phi) is 4.65. The molecular weight excluding hydrogens is 288 g/mol. The number of nitrogens with zero attached hydrogens (tertiary/aromatic N) is 3. The summed E-state index contributed by atoms with van der Waals surface area (Å²) in [4.78, 5) is 17.1. The van der Waals surface area contributed by atoms with Gasteiger partial charge < -0.3 is 5.32 Å². The predicted octanol–water partition coefficient (Wildman–Crippen LogP) is 2.83. The summed E-state index contributed by atoms with van der Waals surface area (Å²) in [6.07, 6.45) is 11.1. The van der Waals surface area contributed by atoms with Crippen LogP contribution in [-0.2, 0) is 19.9 Å². The van der Waals surface area contributed by atoms with E-state index in [0.717, 1.165) is 61.5 Å². The molecule has 0 saturated heterocycles. The molecule has 0 amide bonds. The SMILES string of the molecule is CCCCNc1ccc(-n2c3c(n(C)c2=O)CC=CCC3)cn1. The number of hydrogen-bond acceptors (Lipinski definition) is 3. The van der Waals surface area contributed by atoms with Gasteiger partial charge in [-0.15, -0.1) is 0 Å². The van der Waals surface area contributed by atoms with Crippen LogP contribution in [0.1, 0.15) is 37.6 Å². The highest BCUT2D eigenvalue weighted by atomic mass is 16.1. The molecule has 2 aromatic rings. The van der Waals surface area contributed by atoms with Gasteiger partial charge in [0.2, 0.25) is 0 Å². The molecule has 2 aromatic heterocycles. The van der Waals surface area contributed by atoms with Crippen molar-refractivity contribution in [2.75, 3.05) is 11.9 Å². The summed E-state index contributed by atoms with van der Waals surface area (Å²) in [5.74, 6) is 0.860. The third-order valence-electron chi connectivity index (χ3n) is 4.35. The van der Waals surface area contributed by atoms with Crippen LogP contribution < -0.4 is 11.0 Å². The third kappa shape index (κ3) is 3.09. The molecule has 0 spiro atoms. The fraction of sp³-hybridized carbons (Fsp3) is 0.444. The van der Waals surface area contributed by atoms with E-state index >= 15 is 0 Å². The van der Waals surface area contributed by atoms with E-state index in [0.29, 0.717) is 0 Å². The summed E-state index contributed by atoms with van der Waals surface area (Å²) >= 11 is 0. The first kappa shape index (κ1) is 15.6. The lowest BCUT2D eigenvalue weighted by Gasteiger charge is -2.09. The topological polar surface area (TPSA) is 51.9 Å². The summed E-state index contributed by atoms with van der Waals surface area (Å²) in [6, 6.07) is 3.92. The summed E-state index contributed by atoms with van der Waals surface area (Å²) in [5.41, 5.74) is 3.07. The molecule has 5 heteroatoms. The maximum Gasteiger partial charge on any atom is 0.332 e. The number of hydrogen-bond donors (Lipinski definition) is 1. The zero-order chi connectivity index (χ0) is 16.2. The molecule has 0 atom stereocenters. The van der Waals surface area contributed by atoms with Crippen molar-refractivity contribution in [3.63, 3.8) is 0 Å². The van der Waals surface area contributed by atoms with Gasteiger partial charge in [0.05, 0.1) is 11.9 Å². The lowest BCUT2D eigenvalue weighted by molar-refractivity contribution is 0.787. The quantitative estimate of drug-likeness (QED) is 0.682. The van der Waals surface area contributed by atoms with Crippen molar-refractivity contribution in [2.24, 2.45) is 7.05 Å². The first-order chi connectivity index (χ1) is 11.2. The van der Waals surface area contributed by atoms with E-state index in [4.69, 9.17) is 0 Å². The second kappa shape index (κ2) is 6.86. The van der Waals surface area contributed by atoms with E-state index in [1.165, 1.54) is 0 Å². The normalized spacial score (nSPS) is 13.7. The van der Waals surface area contributed by atoms with Gasteiger partial charge in [-0.1, -0.05) is 25.5 Å². The zero-order valence-electron chi connectivity index (χ0n) is 13.9. The van der Waals surface area contributed by atoms with Gasteiger partial charge in [-0.2, -0.15) is 0 Å². The Morgan fingerprint density at radius 2 is 2.13 bits per heavy atom. The Morgan fingerprint density at radius 3 is 2.87 bits per heavy atom. The van der Waals surface area contributed by atoms with Crippen molar-refractivity contribution in [1.82, 2.24) is 14.1 Å². The highest BCUT2D eigenvalue weighted by Gasteiger charge is 2.19. The standard InChI is InChI=1S/C18H24N4O/c1-3-4-12-19-17-11-10-14(13-20-17)22-16-9-7-5-6-8-15(16)21(2)18(22)23/h5-6,10-11,13H,3-4,7-9,12H2,1-2H3,(H,19,20). The van der Waals surface area contributed by atoms with E-state index in [1.807, 2.05) is 23.7 Å². The van der Waals surface area contributed by atoms with Gasteiger partial charge in [-0.05, 0) is 31.4 Å². The monoisotopic (exact) mass is 312 g/mol. The van der Waals surface area contributed by atoms with Crippen molar-refractivity contribution in [2.45, 2.75) is 39.0 Å². The van der Waals surface area contributed by atoms with Crippen molar-refractivity contribution in [1.29, 1.82) is 0 Å². The van der Waals surface area contributed by atoms with Gasteiger partial charge in [0.15, 0.2) is 0 Å². The maximum absolute atomic E-state index is 12.6. The van der Waals surface area contributed by atoms with Gasteiger partial charge in [0, 0.05) is 31.4 Å². The highest BCUT2D eigenvalue weighted by Crippen LogP contribution is 2.19. The summed E-state index contributed by atoms with van der Waals surface area (Å²) in [6.45, 7) is 3.09. The fourth-order valence-corrected chi connectivity index (χ4v) is 3.03. The number of fused-ring (bicyclic) bond motifs is 1. The number of rotatable bonds is 5. The average molecular weight is 312 g/mol. The van der Waals surface area contributed by atoms with Gasteiger partial charge in [-0.25, -0.2) is 9.78 Å². The van der Waals surface area contributed by atoms with Crippen LogP contribution in [0.2, 0.25) is 0 Å². The molecule has 1 aliphatic carbocycles. The maximum atomic E-state index is 12.6. The Bertz CT molecular complexity index is 753. The molecule has 0 aromatic carbocycles. The number of nitrogens with one attached hydrogen (secondary N) is 1. The van der Waals surface area contributed by atoms with Crippen LogP contribution in [0, 0.1) is 0 Å². The molecule has 0 unspecified atom stereocenters. The zero-order valence-corrected chi connectivity index (χ0v) is 13.9. The molecule has 0 fully saturated rings. The molecule has 1 N–H and O–H groups in total. The van der Waals surface area contributed by atoms with Gasteiger partial charge >= 0.3 is 5.69 Å². The van der Waals surface area contributed by atoms with Gasteiger partial charge in [0.25, 0.3) is 0 Å². The molecule has 122 valence electrons. The molecule has 23 heavy (non-hydrogen) atoms. The Labute approximate surface area is 136 Å². The molecule has 0 saturated carbocycles. The summed E-state index contributed by atoms with van der Waals surface area (Å²) in [7, 11) is 1.85. The van der Waals surface area contributed by atoms with Gasteiger partial charge in [-0.3, -0.25) is 9.13 Å². The van der Waals surface area contributed by atoms with E-state index in [2.05, 4.69) is 29.4 Å². The average Bonchev–Trinajstić information content (AvgIpc) is 2.74. The third-order valence-corrected chi connectivity index (χ3v) is 4.35. The largest absolute Gasteiger partial charge is 0.370 e. The molecule has 1 aliphatic rings. The Balaban J connectivity index is 1.92. The molecule has 0 aliphatic heterocycles. The molecular formula is C18H24N4O. The molecule has 5 nitrogen and oxygen atoms in total. The van der Waals surface area contributed by atoms with Crippen LogP contribution in [0.5, 0.6) is 0 Å². The first-order valence-corrected chi connectivity index (χ1v) is 8.37. The van der Waals surface area contributed by atoms with Crippen LogP contribution in [0.3, 0.4) is 0 Å². The highest BCUT2D eigenvalue weighted by molar-refractivity contribution is 5.42. The van der Waals surface area contributed by atoms with Crippen LogP contribution in [0.15, 0.2) is 35.3 Å². The summed E-state index contributed by atoms with van der Waals surface area (Å²) < 4.78 is 3.57. The van der Waals surface area contributed by atoms with Crippen LogP contribution in [0.25, 0.3) is 5.69 Å². The van der Waals surface area contributed by atoms with E-state index in [-0.39, 0.29) is 5.69 Å². The minimum atomic E-state index is 0.0128. The number of unbranched alkanes of at least 4 members (excludes halogenated alkanes) is 1. The van der Waals surface area contributed by atoms with Crippen molar-refractivity contribution in [3.05, 3.63) is 52.4 Å². The van der Waals surface area contributed by atoms with E-state index < -0.39 is 0 Å². The van der Waals surface area contributed by atoms with Crippen molar-refractivity contribution >= 4 is 5.82 Å². The van der Waals surface area contributed by atoms with Crippen molar-refractivity contribution < 1.29 is 0 Å². The Morgan fingerprint density at radius 1 is 1.26 bits per heavy atom. The number of allylic oxidation sites excluding steroid dienone is 2. The number of pyridine rings is 1. The van der Waals surface area contributed by atoms with Crippen LogP contribution in [-0.4, -0.2) is 20.7 Å². The van der Waals surface area contributed by atoms with E-state index in [9.17, 15) is 4.79 Å². The predicted molar refractivity (Wildman–Crippen MR) is 93.4 cm³/mol. The first-order valence-electron chi connectivity index (χ1n) is 8.37. The number of imidazole rings is 1. The smallest absolute Gasteiger partial charge is 0.332 e. The van der Waals surface area contributed by atoms with Crippen molar-refractivity contribution in [3.8, 4) is 5.69 Å².